The molecule has 0 saturated carbocycles. The van der Waals surface area contributed by atoms with Crippen molar-refractivity contribution < 1.29 is 19.1 Å². The number of allylic oxidation sites excluding steroid dienone is 3. The van der Waals surface area contributed by atoms with E-state index in [9.17, 15) is 9.59 Å². The van der Waals surface area contributed by atoms with Gasteiger partial charge in [0.05, 0.1) is 12.5 Å². The fourth-order valence-corrected chi connectivity index (χ4v) is 5.38. The van der Waals surface area contributed by atoms with E-state index in [0.717, 1.165) is 36.9 Å². The summed E-state index contributed by atoms with van der Waals surface area (Å²) in [6.07, 6.45) is 7.07. The third-order valence-electron chi connectivity index (χ3n) is 7.87. The molecule has 1 N–H and O–H groups in total. The fourth-order valence-electron chi connectivity index (χ4n) is 5.38. The molecule has 0 aliphatic carbocycles. The molecule has 0 saturated heterocycles. The molecule has 2 aliphatic heterocycles. The second kappa shape index (κ2) is 12.5. The van der Waals surface area contributed by atoms with E-state index < -0.39 is 11.8 Å². The van der Waals surface area contributed by atoms with Gasteiger partial charge in [-0.2, -0.15) is 0 Å². The minimum atomic E-state index is -0.926. The predicted molar refractivity (Wildman–Crippen MR) is 157 cm³/mol. The van der Waals surface area contributed by atoms with Gasteiger partial charge in [-0.3, -0.25) is 9.59 Å². The molecule has 0 radical (unpaired) electrons. The van der Waals surface area contributed by atoms with Crippen LogP contribution in [0, 0.1) is 5.82 Å². The smallest absolute Gasteiger partial charge is 0.303 e. The van der Waals surface area contributed by atoms with Crippen LogP contribution in [0.15, 0.2) is 77.7 Å². The first kappa shape index (κ1) is 29.0. The molecule has 0 fully saturated rings. The number of rotatable bonds is 9. The molecule has 0 bridgehead atoms. The van der Waals surface area contributed by atoms with Gasteiger partial charge in [-0.25, -0.2) is 9.38 Å². The number of carboxylic acid groups (broad SMARTS) is 1. The molecule has 210 valence electrons. The number of nitrogens with zero attached hydrogens (tertiary/aromatic N) is 3. The van der Waals surface area contributed by atoms with Gasteiger partial charge < -0.3 is 14.9 Å². The molecule has 40 heavy (non-hydrogen) atoms. The molecule has 2 aromatic carbocycles. The summed E-state index contributed by atoms with van der Waals surface area (Å²) in [5.74, 6) is -1.31. The van der Waals surface area contributed by atoms with Gasteiger partial charge in [-0.1, -0.05) is 63.2 Å². The predicted octanol–water partition coefficient (Wildman–Crippen LogP) is 6.86. The summed E-state index contributed by atoms with van der Waals surface area (Å²) in [4.78, 5) is 33.4. The van der Waals surface area contributed by atoms with Gasteiger partial charge in [-0.15, -0.1) is 0 Å². The Balaban J connectivity index is 1.64. The highest BCUT2D eigenvalue weighted by Gasteiger charge is 2.31. The highest BCUT2D eigenvalue weighted by atomic mass is 19.1. The highest BCUT2D eigenvalue weighted by Crippen LogP contribution is 2.32. The SMILES string of the molecule is C=C(/C=C1/N=C(C(=O)N2CCc3ccccc3C2C)C=C(CCCC)N1C)c1ccc([C@@H](C)CC(=O)O)cc1F. The average molecular weight is 544 g/mol. The number of halogens is 1. The lowest BCUT2D eigenvalue weighted by Crippen LogP contribution is -2.43. The van der Waals surface area contributed by atoms with Crippen LogP contribution in [0.25, 0.3) is 5.57 Å². The van der Waals surface area contributed by atoms with Crippen LogP contribution >= 0.6 is 0 Å². The molecule has 6 nitrogen and oxygen atoms in total. The van der Waals surface area contributed by atoms with E-state index in [1.807, 2.05) is 35.1 Å². The van der Waals surface area contributed by atoms with Crippen molar-refractivity contribution in [3.8, 4) is 0 Å². The van der Waals surface area contributed by atoms with E-state index in [1.165, 1.54) is 11.6 Å². The first-order chi connectivity index (χ1) is 19.1. The Labute approximate surface area is 236 Å². The van der Waals surface area contributed by atoms with Gasteiger partial charge in [0, 0.05) is 24.9 Å². The fraction of sp³-hybridized carbons (Fsp3) is 0.364. The molecule has 0 spiro atoms. The number of hydrogen-bond acceptors (Lipinski definition) is 4. The largest absolute Gasteiger partial charge is 0.481 e. The maximum absolute atomic E-state index is 15.1. The van der Waals surface area contributed by atoms with E-state index in [4.69, 9.17) is 10.1 Å². The molecule has 1 unspecified atom stereocenters. The number of fused-ring (bicyclic) bond motifs is 1. The van der Waals surface area contributed by atoms with Crippen LogP contribution in [0.5, 0.6) is 0 Å². The minimum absolute atomic E-state index is 0.0641. The van der Waals surface area contributed by atoms with Gasteiger partial charge in [-0.05, 0) is 72.6 Å². The maximum Gasteiger partial charge on any atom is 0.303 e. The summed E-state index contributed by atoms with van der Waals surface area (Å²) in [7, 11) is 1.90. The first-order valence-corrected chi connectivity index (χ1v) is 13.9. The van der Waals surface area contributed by atoms with Gasteiger partial charge in [0.2, 0.25) is 0 Å². The lowest BCUT2D eigenvalue weighted by Gasteiger charge is -2.36. The molecule has 7 heteroatoms. The molecular formula is C33H38FN3O3. The highest BCUT2D eigenvalue weighted by molar-refractivity contribution is 6.43. The third-order valence-corrected chi connectivity index (χ3v) is 7.87. The second-order valence-electron chi connectivity index (χ2n) is 10.7. The standard InChI is InChI=1S/C33H38FN3O3/c1-6-7-11-26-20-30(33(40)37-16-15-24-10-8-9-12-28(24)23(37)4)35-31(36(26)5)17-22(3)27-14-13-25(19-29(27)34)21(2)18-32(38)39/h8-10,12-14,17,19-21,23H,3,6-7,11,15-16,18H2,1-2,4-5H3,(H,38,39)/b31-17-/t21-,23?/m0/s1. The molecule has 2 aromatic rings. The second-order valence-corrected chi connectivity index (χ2v) is 10.7. The van der Waals surface area contributed by atoms with E-state index in [-0.39, 0.29) is 24.3 Å². The van der Waals surface area contributed by atoms with Crippen LogP contribution in [0.1, 0.15) is 80.7 Å². The number of unbranched alkanes of at least 4 members (excludes halogenated alkanes) is 1. The quantitative estimate of drug-likeness (QED) is 0.375. The number of carbonyl (C=O) groups excluding carboxylic acids is 1. The van der Waals surface area contributed by atoms with Gasteiger partial charge in [0.1, 0.15) is 17.3 Å². The van der Waals surface area contributed by atoms with E-state index in [2.05, 4.69) is 32.6 Å². The zero-order valence-electron chi connectivity index (χ0n) is 23.8. The Bertz CT molecular complexity index is 1410. The number of hydrogen-bond donors (Lipinski definition) is 1. The molecule has 1 amide bonds. The van der Waals surface area contributed by atoms with Crippen molar-refractivity contribution >= 4 is 23.2 Å². The van der Waals surface area contributed by atoms with E-state index >= 15 is 4.39 Å². The van der Waals surface area contributed by atoms with Crippen LogP contribution in [0.4, 0.5) is 4.39 Å². The number of aliphatic imine (C=N–C) groups is 1. The summed E-state index contributed by atoms with van der Waals surface area (Å²) in [5, 5.41) is 9.08. The molecule has 0 aromatic heterocycles. The number of aliphatic carboxylic acids is 1. The van der Waals surface area contributed by atoms with Crippen LogP contribution in [0.3, 0.4) is 0 Å². The molecule has 2 atom stereocenters. The van der Waals surface area contributed by atoms with E-state index in [1.54, 1.807) is 25.1 Å². The number of carbonyl (C=O) groups is 2. The Morgan fingerprint density at radius 2 is 2.00 bits per heavy atom. The molecule has 2 heterocycles. The zero-order valence-corrected chi connectivity index (χ0v) is 23.8. The van der Waals surface area contributed by atoms with E-state index in [0.29, 0.717) is 34.8 Å². The van der Waals surface area contributed by atoms with Gasteiger partial charge >= 0.3 is 5.97 Å². The number of amides is 1. The monoisotopic (exact) mass is 543 g/mol. The Morgan fingerprint density at radius 3 is 2.70 bits per heavy atom. The van der Waals surface area contributed by atoms with Crippen LogP contribution in [-0.4, -0.2) is 46.1 Å². The van der Waals surface area contributed by atoms with Crippen molar-refractivity contribution in [2.75, 3.05) is 13.6 Å². The first-order valence-electron chi connectivity index (χ1n) is 13.9. The minimum Gasteiger partial charge on any atom is -0.481 e. The van der Waals surface area contributed by atoms with Crippen LogP contribution in [-0.2, 0) is 16.0 Å². The number of carboxylic acids is 1. The Hall–Kier alpha value is -4.00. The van der Waals surface area contributed by atoms with Crippen molar-refractivity contribution in [3.63, 3.8) is 0 Å². The van der Waals surface area contributed by atoms with Crippen LogP contribution in [0.2, 0.25) is 0 Å². The summed E-state index contributed by atoms with van der Waals surface area (Å²) in [6, 6.07) is 12.9. The Morgan fingerprint density at radius 1 is 1.25 bits per heavy atom. The van der Waals surface area contributed by atoms with Crippen molar-refractivity contribution in [1.29, 1.82) is 0 Å². The third kappa shape index (κ3) is 6.24. The Kier molecular flexibility index (Phi) is 9.03. The normalized spacial score (nSPS) is 18.6. The topological polar surface area (TPSA) is 73.2 Å². The van der Waals surface area contributed by atoms with Crippen molar-refractivity contribution in [1.82, 2.24) is 9.80 Å². The van der Waals surface area contributed by atoms with Crippen molar-refractivity contribution in [3.05, 3.63) is 101 Å². The van der Waals surface area contributed by atoms with Crippen molar-refractivity contribution in [2.24, 2.45) is 4.99 Å². The van der Waals surface area contributed by atoms with Crippen molar-refractivity contribution in [2.45, 2.75) is 64.8 Å². The van der Waals surface area contributed by atoms with Crippen LogP contribution < -0.4 is 0 Å². The molecular weight excluding hydrogens is 505 g/mol. The summed E-state index contributed by atoms with van der Waals surface area (Å²) in [5.41, 5.74) is 5.12. The molecule has 4 rings (SSSR count). The molecule has 2 aliphatic rings. The summed E-state index contributed by atoms with van der Waals surface area (Å²) in [6.45, 7) is 10.7. The number of benzene rings is 2. The summed E-state index contributed by atoms with van der Waals surface area (Å²) < 4.78 is 15.1. The lowest BCUT2D eigenvalue weighted by atomic mass is 9.93. The zero-order chi connectivity index (χ0) is 29.0. The lowest BCUT2D eigenvalue weighted by molar-refractivity contribution is -0.137. The summed E-state index contributed by atoms with van der Waals surface area (Å²) >= 11 is 0. The van der Waals surface area contributed by atoms with Gasteiger partial charge in [0.25, 0.3) is 5.91 Å². The average Bonchev–Trinajstić information content (AvgIpc) is 2.93. The van der Waals surface area contributed by atoms with Gasteiger partial charge in [0.15, 0.2) is 0 Å². The maximum atomic E-state index is 15.1.